The van der Waals surface area contributed by atoms with Crippen LogP contribution in [0.15, 0.2) is 24.3 Å². The highest BCUT2D eigenvalue weighted by molar-refractivity contribution is 5.66. The molecule has 0 spiro atoms. The summed E-state index contributed by atoms with van der Waals surface area (Å²) < 4.78 is 53.7. The van der Waals surface area contributed by atoms with Crippen LogP contribution in [0.1, 0.15) is 18.4 Å². The number of hydrogen-bond donors (Lipinski definition) is 1. The number of alkyl halides is 3. The third-order valence-corrected chi connectivity index (χ3v) is 4.25. The molecule has 1 aliphatic rings. The normalized spacial score (nSPS) is 17.2. The molecule has 1 aromatic heterocycles. The second kappa shape index (κ2) is 6.78. The molecule has 0 bridgehead atoms. The number of nitrogens with one attached hydrogen (secondary N) is 1. The number of aromatic nitrogens is 2. The lowest BCUT2D eigenvalue weighted by Crippen LogP contribution is -2.41. The van der Waals surface area contributed by atoms with Crippen LogP contribution in [0.4, 0.5) is 29.3 Å². The Balaban J connectivity index is 2.05. The van der Waals surface area contributed by atoms with Crippen molar-refractivity contribution in [2.24, 2.45) is 0 Å². The molecule has 0 aliphatic carbocycles. The molecule has 0 amide bonds. The molecule has 9 heteroatoms. The average molecular weight is 365 g/mol. The van der Waals surface area contributed by atoms with Gasteiger partial charge in [0.1, 0.15) is 23.7 Å². The fraction of sp³-hybridized carbons (Fsp3) is 0.353. The number of nitriles is 1. The van der Waals surface area contributed by atoms with Gasteiger partial charge in [0.2, 0.25) is 5.95 Å². The molecule has 1 saturated heterocycles. The summed E-state index contributed by atoms with van der Waals surface area (Å²) in [4.78, 5) is 9.53. The van der Waals surface area contributed by atoms with Crippen LogP contribution in [0.5, 0.6) is 0 Å². The number of hydrogen-bond acceptors (Lipinski definition) is 5. The van der Waals surface area contributed by atoms with E-state index in [1.165, 1.54) is 23.1 Å². The second-order valence-corrected chi connectivity index (χ2v) is 5.88. The molecule has 2 aromatic rings. The molecule has 1 atom stereocenters. The molecular weight excluding hydrogens is 350 g/mol. The molecule has 26 heavy (non-hydrogen) atoms. The predicted octanol–water partition coefficient (Wildman–Crippen LogP) is 3.73. The minimum Gasteiger partial charge on any atom is -0.357 e. The first-order valence-electron chi connectivity index (χ1n) is 7.93. The van der Waals surface area contributed by atoms with E-state index in [2.05, 4.69) is 15.3 Å². The van der Waals surface area contributed by atoms with Gasteiger partial charge in [-0.05, 0) is 25.0 Å². The Morgan fingerprint density at radius 3 is 2.65 bits per heavy atom. The van der Waals surface area contributed by atoms with E-state index in [0.29, 0.717) is 12.0 Å². The maximum absolute atomic E-state index is 13.9. The van der Waals surface area contributed by atoms with E-state index >= 15 is 0 Å². The Labute approximate surface area is 147 Å². The third-order valence-electron chi connectivity index (χ3n) is 4.25. The number of benzene rings is 1. The lowest BCUT2D eigenvalue weighted by molar-refractivity contribution is -0.146. The molecular formula is C17H15F4N5. The van der Waals surface area contributed by atoms with E-state index in [4.69, 9.17) is 5.26 Å². The Morgan fingerprint density at radius 2 is 2.04 bits per heavy atom. The summed E-state index contributed by atoms with van der Waals surface area (Å²) in [7, 11) is 1.55. The second-order valence-electron chi connectivity index (χ2n) is 5.88. The smallest absolute Gasteiger partial charge is 0.357 e. The van der Waals surface area contributed by atoms with Gasteiger partial charge in [0.05, 0.1) is 11.3 Å². The molecule has 136 valence electrons. The summed E-state index contributed by atoms with van der Waals surface area (Å²) in [5.74, 6) is -0.454. The monoisotopic (exact) mass is 365 g/mol. The fourth-order valence-corrected chi connectivity index (χ4v) is 2.99. The van der Waals surface area contributed by atoms with Gasteiger partial charge < -0.3 is 10.2 Å². The minimum atomic E-state index is -4.36. The van der Waals surface area contributed by atoms with Crippen molar-refractivity contribution in [2.75, 3.05) is 23.8 Å². The van der Waals surface area contributed by atoms with Crippen LogP contribution in [-0.2, 0) is 0 Å². The van der Waals surface area contributed by atoms with Crippen molar-refractivity contribution in [3.05, 3.63) is 35.6 Å². The van der Waals surface area contributed by atoms with Crippen LogP contribution >= 0.6 is 0 Å². The van der Waals surface area contributed by atoms with E-state index in [0.717, 1.165) is 6.07 Å². The van der Waals surface area contributed by atoms with Gasteiger partial charge in [0.25, 0.3) is 0 Å². The number of halogens is 4. The summed E-state index contributed by atoms with van der Waals surface area (Å²) in [5.41, 5.74) is 0.508. The van der Waals surface area contributed by atoms with Crippen molar-refractivity contribution >= 4 is 11.8 Å². The maximum atomic E-state index is 13.9. The lowest BCUT2D eigenvalue weighted by Gasteiger charge is -2.28. The molecule has 2 heterocycles. The molecule has 5 nitrogen and oxygen atoms in total. The summed E-state index contributed by atoms with van der Waals surface area (Å²) in [6.07, 6.45) is -3.95. The van der Waals surface area contributed by atoms with E-state index in [1.54, 1.807) is 13.1 Å². The van der Waals surface area contributed by atoms with Gasteiger partial charge in [0, 0.05) is 25.2 Å². The van der Waals surface area contributed by atoms with E-state index < -0.39 is 18.0 Å². The van der Waals surface area contributed by atoms with E-state index in [9.17, 15) is 17.6 Å². The van der Waals surface area contributed by atoms with Gasteiger partial charge in [-0.2, -0.15) is 23.4 Å². The van der Waals surface area contributed by atoms with Crippen molar-refractivity contribution < 1.29 is 17.6 Å². The first-order chi connectivity index (χ1) is 12.3. The molecule has 0 radical (unpaired) electrons. The van der Waals surface area contributed by atoms with Crippen LogP contribution in [0.3, 0.4) is 0 Å². The summed E-state index contributed by atoms with van der Waals surface area (Å²) in [5, 5.41) is 11.5. The van der Waals surface area contributed by atoms with Gasteiger partial charge in [-0.3, -0.25) is 0 Å². The van der Waals surface area contributed by atoms with Gasteiger partial charge in [-0.25, -0.2) is 9.37 Å². The number of anilines is 2. The van der Waals surface area contributed by atoms with Crippen molar-refractivity contribution in [3.63, 3.8) is 0 Å². The number of nitrogens with zero attached hydrogens (tertiary/aromatic N) is 4. The minimum absolute atomic E-state index is 0.00319. The quantitative estimate of drug-likeness (QED) is 0.840. The van der Waals surface area contributed by atoms with Crippen molar-refractivity contribution in [1.82, 2.24) is 9.97 Å². The Hall–Kier alpha value is -2.89. The van der Waals surface area contributed by atoms with Crippen molar-refractivity contribution in [2.45, 2.75) is 25.1 Å². The zero-order valence-electron chi connectivity index (χ0n) is 13.8. The maximum Gasteiger partial charge on any atom is 0.408 e. The topological polar surface area (TPSA) is 64.8 Å². The molecule has 0 saturated carbocycles. The lowest BCUT2D eigenvalue weighted by atomic mass is 10.1. The summed E-state index contributed by atoms with van der Waals surface area (Å²) >= 11 is 0. The Bertz CT molecular complexity index is 859. The van der Waals surface area contributed by atoms with Gasteiger partial charge in [-0.1, -0.05) is 6.07 Å². The van der Waals surface area contributed by atoms with Crippen LogP contribution in [-0.4, -0.2) is 35.8 Å². The molecule has 1 N–H and O–H groups in total. The molecule has 1 fully saturated rings. The van der Waals surface area contributed by atoms with E-state index in [1.807, 2.05) is 0 Å². The van der Waals surface area contributed by atoms with Crippen molar-refractivity contribution in [3.8, 4) is 17.3 Å². The average Bonchev–Trinajstić information content (AvgIpc) is 3.11. The first kappa shape index (κ1) is 17.9. The predicted molar refractivity (Wildman–Crippen MR) is 88.1 cm³/mol. The SMILES string of the molecule is CNc1nc(-c2ccc(C#N)c(F)c2)cc(N2CCCC2C(F)(F)F)n1. The van der Waals surface area contributed by atoms with Crippen LogP contribution in [0, 0.1) is 17.1 Å². The Morgan fingerprint density at radius 1 is 1.27 bits per heavy atom. The number of rotatable bonds is 3. The van der Waals surface area contributed by atoms with E-state index in [-0.39, 0.29) is 36.0 Å². The molecule has 3 rings (SSSR count). The fourth-order valence-electron chi connectivity index (χ4n) is 2.99. The zero-order chi connectivity index (χ0) is 18.9. The summed E-state index contributed by atoms with van der Waals surface area (Å²) in [6.45, 7) is 0.228. The molecule has 1 aliphatic heterocycles. The van der Waals surface area contributed by atoms with Crippen LogP contribution < -0.4 is 10.2 Å². The van der Waals surface area contributed by atoms with Crippen LogP contribution in [0.2, 0.25) is 0 Å². The summed E-state index contributed by atoms with van der Waals surface area (Å²) in [6, 6.07) is 5.46. The molecule has 1 unspecified atom stereocenters. The van der Waals surface area contributed by atoms with Gasteiger partial charge in [0.15, 0.2) is 0 Å². The zero-order valence-corrected chi connectivity index (χ0v) is 13.8. The first-order valence-corrected chi connectivity index (χ1v) is 7.93. The third kappa shape index (κ3) is 3.40. The highest BCUT2D eigenvalue weighted by Crippen LogP contribution is 2.36. The highest BCUT2D eigenvalue weighted by atomic mass is 19.4. The molecule has 1 aromatic carbocycles. The largest absolute Gasteiger partial charge is 0.408 e. The van der Waals surface area contributed by atoms with Gasteiger partial charge in [-0.15, -0.1) is 0 Å². The van der Waals surface area contributed by atoms with Crippen LogP contribution in [0.25, 0.3) is 11.3 Å². The van der Waals surface area contributed by atoms with Crippen molar-refractivity contribution in [1.29, 1.82) is 5.26 Å². The van der Waals surface area contributed by atoms with Gasteiger partial charge >= 0.3 is 6.18 Å². The highest BCUT2D eigenvalue weighted by Gasteiger charge is 2.46. The standard InChI is InChI=1S/C17H15F4N5/c1-23-16-24-13(10-4-5-11(9-22)12(18)7-10)8-15(25-16)26-6-2-3-14(26)17(19,20)21/h4-5,7-8,14H,2-3,6H2,1H3,(H,23,24,25). The Kier molecular flexibility index (Phi) is 4.68.